The van der Waals surface area contributed by atoms with Gasteiger partial charge in [-0.1, -0.05) is 12.8 Å². The maximum Gasteiger partial charge on any atom is 0.243 e. The van der Waals surface area contributed by atoms with E-state index in [-0.39, 0.29) is 17.0 Å². The number of hydrogen-bond donors (Lipinski definition) is 0. The van der Waals surface area contributed by atoms with Crippen LogP contribution in [0.25, 0.3) is 0 Å². The van der Waals surface area contributed by atoms with Gasteiger partial charge in [-0.15, -0.1) is 0 Å². The van der Waals surface area contributed by atoms with Crippen LogP contribution >= 0.6 is 0 Å². The Balaban J connectivity index is 1.33. The lowest BCUT2D eigenvalue weighted by molar-refractivity contribution is -0.0514. The summed E-state index contributed by atoms with van der Waals surface area (Å²) in [6.45, 7) is 4.50. The molecule has 2 atom stereocenters. The molecule has 0 radical (unpaired) electrons. The van der Waals surface area contributed by atoms with Crippen LogP contribution in [0.15, 0.2) is 23.1 Å². The van der Waals surface area contributed by atoms with E-state index >= 15 is 0 Å². The van der Waals surface area contributed by atoms with Crippen LogP contribution in [0, 0.1) is 5.92 Å². The summed E-state index contributed by atoms with van der Waals surface area (Å²) in [5.41, 5.74) is 0. The summed E-state index contributed by atoms with van der Waals surface area (Å²) >= 11 is 0. The molecule has 5 rings (SSSR count). The monoisotopic (exact) mass is 408 g/mol. The van der Waals surface area contributed by atoms with Crippen molar-refractivity contribution in [1.29, 1.82) is 0 Å². The highest BCUT2D eigenvalue weighted by Crippen LogP contribution is 2.35. The van der Waals surface area contributed by atoms with Crippen LogP contribution in [0.2, 0.25) is 0 Å². The predicted molar refractivity (Wildman–Crippen MR) is 103 cm³/mol. The highest BCUT2D eigenvalue weighted by atomic mass is 32.2. The second-order valence-electron chi connectivity index (χ2n) is 8.25. The van der Waals surface area contributed by atoms with Crippen molar-refractivity contribution in [3.8, 4) is 11.5 Å². The van der Waals surface area contributed by atoms with Gasteiger partial charge in [-0.05, 0) is 30.9 Å². The third-order valence-corrected chi connectivity index (χ3v) is 8.33. The van der Waals surface area contributed by atoms with Gasteiger partial charge in [0, 0.05) is 32.2 Å². The first-order valence-corrected chi connectivity index (χ1v) is 11.8. The summed E-state index contributed by atoms with van der Waals surface area (Å²) in [6, 6.07) is 5.04. The van der Waals surface area contributed by atoms with Crippen LogP contribution in [0.3, 0.4) is 0 Å². The zero-order valence-electron chi connectivity index (χ0n) is 16.1. The number of hydrogen-bond acceptors (Lipinski definition) is 6. The number of sulfonamides is 1. The van der Waals surface area contributed by atoms with E-state index in [0.717, 1.165) is 19.0 Å². The Hall–Kier alpha value is -1.35. The molecule has 7 nitrogen and oxygen atoms in total. The number of morpholine rings is 1. The molecular weight excluding hydrogens is 380 g/mol. The molecule has 4 aliphatic rings. The van der Waals surface area contributed by atoms with Gasteiger partial charge < -0.3 is 14.2 Å². The summed E-state index contributed by atoms with van der Waals surface area (Å²) in [5.74, 6) is 1.86. The van der Waals surface area contributed by atoms with Crippen LogP contribution in [0.4, 0.5) is 0 Å². The van der Waals surface area contributed by atoms with E-state index in [1.54, 1.807) is 22.5 Å². The van der Waals surface area contributed by atoms with Crippen molar-refractivity contribution >= 4 is 10.0 Å². The Morgan fingerprint density at radius 1 is 1.00 bits per heavy atom. The van der Waals surface area contributed by atoms with Crippen LogP contribution in [0.5, 0.6) is 11.5 Å². The van der Waals surface area contributed by atoms with E-state index in [9.17, 15) is 8.42 Å². The molecule has 1 aliphatic carbocycles. The fraction of sp³-hybridized carbons (Fsp3) is 0.700. The second kappa shape index (κ2) is 7.48. The van der Waals surface area contributed by atoms with Gasteiger partial charge in [0.15, 0.2) is 11.5 Å². The molecule has 3 fully saturated rings. The van der Waals surface area contributed by atoms with Crippen LogP contribution < -0.4 is 9.47 Å². The topological polar surface area (TPSA) is 68.3 Å². The quantitative estimate of drug-likeness (QED) is 0.756. The Kier molecular flexibility index (Phi) is 4.99. The molecule has 3 heterocycles. The molecule has 0 aromatic heterocycles. The smallest absolute Gasteiger partial charge is 0.243 e. The minimum absolute atomic E-state index is 0.0397. The van der Waals surface area contributed by atoms with Gasteiger partial charge in [0.2, 0.25) is 10.0 Å². The average Bonchev–Trinajstić information content (AvgIpc) is 3.38. The van der Waals surface area contributed by atoms with E-state index in [2.05, 4.69) is 4.90 Å². The summed E-state index contributed by atoms with van der Waals surface area (Å²) in [7, 11) is -3.59. The van der Waals surface area contributed by atoms with Gasteiger partial charge in [-0.3, -0.25) is 4.90 Å². The average molecular weight is 409 g/mol. The Labute approximate surface area is 166 Å². The summed E-state index contributed by atoms with van der Waals surface area (Å²) < 4.78 is 45.2. The fourth-order valence-electron chi connectivity index (χ4n) is 5.01. The Morgan fingerprint density at radius 3 is 2.61 bits per heavy atom. The number of benzene rings is 1. The second-order valence-corrected chi connectivity index (χ2v) is 10.2. The SMILES string of the molecule is O=S(=O)(c1ccc2c(c1)OCCO2)N1C[C@@H]2OCCN(CC3CCCC3)[C@H]2C1. The van der Waals surface area contributed by atoms with E-state index in [1.165, 1.54) is 25.7 Å². The van der Waals surface area contributed by atoms with Gasteiger partial charge in [0.25, 0.3) is 0 Å². The first-order chi connectivity index (χ1) is 13.6. The summed E-state index contributed by atoms with van der Waals surface area (Å²) in [6.07, 6.45) is 5.21. The van der Waals surface area contributed by atoms with Crippen molar-refractivity contribution in [1.82, 2.24) is 9.21 Å². The van der Waals surface area contributed by atoms with Crippen molar-refractivity contribution < 1.29 is 22.6 Å². The highest BCUT2D eigenvalue weighted by molar-refractivity contribution is 7.89. The zero-order chi connectivity index (χ0) is 19.1. The highest BCUT2D eigenvalue weighted by Gasteiger charge is 2.45. The fourth-order valence-corrected chi connectivity index (χ4v) is 6.49. The van der Waals surface area contributed by atoms with Gasteiger partial charge >= 0.3 is 0 Å². The van der Waals surface area contributed by atoms with Crippen molar-refractivity contribution in [2.24, 2.45) is 5.92 Å². The molecule has 0 amide bonds. The van der Waals surface area contributed by atoms with E-state index in [4.69, 9.17) is 14.2 Å². The third-order valence-electron chi connectivity index (χ3n) is 6.50. The number of fused-ring (bicyclic) bond motifs is 2. The predicted octanol–water partition coefficient (Wildman–Crippen LogP) is 1.72. The lowest BCUT2D eigenvalue weighted by Gasteiger charge is -2.38. The maximum absolute atomic E-state index is 13.3. The molecule has 1 aromatic rings. The van der Waals surface area contributed by atoms with Crippen molar-refractivity contribution in [2.45, 2.75) is 42.7 Å². The Bertz CT molecular complexity index is 824. The first kappa shape index (κ1) is 18.7. The molecule has 1 aromatic carbocycles. The molecule has 3 aliphatic heterocycles. The van der Waals surface area contributed by atoms with Gasteiger partial charge in [0.1, 0.15) is 13.2 Å². The van der Waals surface area contributed by atoms with Crippen LogP contribution in [0.1, 0.15) is 25.7 Å². The molecule has 8 heteroatoms. The molecule has 2 saturated heterocycles. The molecule has 0 N–H and O–H groups in total. The van der Waals surface area contributed by atoms with Crippen molar-refractivity contribution in [2.75, 3.05) is 46.0 Å². The standard InChI is InChI=1S/C20H28N2O5S/c23-28(24,16-5-6-18-19(11-16)27-10-9-26-18)22-13-17-20(14-22)25-8-7-21(17)12-15-3-1-2-4-15/h5-6,11,15,17,20H,1-4,7-10,12-14H2/t17-,20-/m0/s1. The largest absolute Gasteiger partial charge is 0.486 e. The molecule has 154 valence electrons. The maximum atomic E-state index is 13.3. The van der Waals surface area contributed by atoms with Crippen LogP contribution in [-0.4, -0.2) is 75.8 Å². The molecule has 1 saturated carbocycles. The summed E-state index contributed by atoms with van der Waals surface area (Å²) in [4.78, 5) is 2.74. The lowest BCUT2D eigenvalue weighted by atomic mass is 10.0. The minimum atomic E-state index is -3.59. The number of nitrogens with zero attached hydrogens (tertiary/aromatic N) is 2. The number of ether oxygens (including phenoxy) is 3. The van der Waals surface area contributed by atoms with Gasteiger partial charge in [-0.25, -0.2) is 8.42 Å². The normalized spacial score (nSPS) is 29.1. The van der Waals surface area contributed by atoms with E-state index < -0.39 is 10.0 Å². The first-order valence-electron chi connectivity index (χ1n) is 10.4. The van der Waals surface area contributed by atoms with E-state index in [1.807, 2.05) is 0 Å². The van der Waals surface area contributed by atoms with Crippen LogP contribution in [-0.2, 0) is 14.8 Å². The van der Waals surface area contributed by atoms with Crippen molar-refractivity contribution in [3.63, 3.8) is 0 Å². The third kappa shape index (κ3) is 3.40. The van der Waals surface area contributed by atoms with Crippen molar-refractivity contribution in [3.05, 3.63) is 18.2 Å². The molecule has 0 unspecified atom stereocenters. The number of rotatable bonds is 4. The molecule has 0 bridgehead atoms. The lowest BCUT2D eigenvalue weighted by Crippen LogP contribution is -2.52. The summed E-state index contributed by atoms with van der Waals surface area (Å²) in [5, 5.41) is 0. The zero-order valence-corrected chi connectivity index (χ0v) is 16.9. The van der Waals surface area contributed by atoms with E-state index in [0.29, 0.717) is 44.4 Å². The van der Waals surface area contributed by atoms with Gasteiger partial charge in [0.05, 0.1) is 23.6 Å². The van der Waals surface area contributed by atoms with Gasteiger partial charge in [-0.2, -0.15) is 4.31 Å². The Morgan fingerprint density at radius 2 is 1.79 bits per heavy atom. The molecule has 0 spiro atoms. The molecular formula is C20H28N2O5S. The molecule has 28 heavy (non-hydrogen) atoms. The minimum Gasteiger partial charge on any atom is -0.486 e.